The van der Waals surface area contributed by atoms with Crippen LogP contribution in [0.2, 0.25) is 0 Å². The van der Waals surface area contributed by atoms with E-state index in [0.717, 1.165) is 16.5 Å². The quantitative estimate of drug-likeness (QED) is 0.261. The Morgan fingerprint density at radius 3 is 2.55 bits per heavy atom. The van der Waals surface area contributed by atoms with E-state index in [9.17, 15) is 14.9 Å². The van der Waals surface area contributed by atoms with E-state index < -0.39 is 4.92 Å². The summed E-state index contributed by atoms with van der Waals surface area (Å²) in [6.07, 6.45) is 1.39. The molecule has 0 atom stereocenters. The second kappa shape index (κ2) is 8.91. The van der Waals surface area contributed by atoms with Gasteiger partial charge in [-0.05, 0) is 47.2 Å². The number of hydrogen-bond acceptors (Lipinski definition) is 6. The predicted molar refractivity (Wildman–Crippen MR) is 119 cm³/mol. The second-order valence-electron chi connectivity index (χ2n) is 6.71. The Kier molecular flexibility index (Phi) is 5.70. The first-order chi connectivity index (χ1) is 15.1. The molecule has 0 spiro atoms. The number of furan rings is 1. The summed E-state index contributed by atoms with van der Waals surface area (Å²) in [6.45, 7) is 0.0713. The van der Waals surface area contributed by atoms with Gasteiger partial charge in [0.2, 0.25) is 0 Å². The fourth-order valence-electron chi connectivity index (χ4n) is 3.01. The Labute approximate surface area is 177 Å². The smallest absolute Gasteiger partial charge is 0.269 e. The highest BCUT2D eigenvalue weighted by atomic mass is 16.6. The van der Waals surface area contributed by atoms with Gasteiger partial charge in [0.15, 0.2) is 0 Å². The van der Waals surface area contributed by atoms with Gasteiger partial charge in [-0.1, -0.05) is 30.3 Å². The third-order valence-electron chi connectivity index (χ3n) is 4.57. The molecule has 0 aliphatic rings. The van der Waals surface area contributed by atoms with Crippen molar-refractivity contribution in [1.82, 2.24) is 5.43 Å². The fraction of sp³-hybridized carbons (Fsp3) is 0.0435. The molecule has 0 saturated heterocycles. The van der Waals surface area contributed by atoms with E-state index in [1.54, 1.807) is 24.3 Å². The highest BCUT2D eigenvalue weighted by Crippen LogP contribution is 2.24. The summed E-state index contributed by atoms with van der Waals surface area (Å²) < 4.78 is 5.64. The lowest BCUT2D eigenvalue weighted by atomic mass is 10.1. The van der Waals surface area contributed by atoms with Crippen LogP contribution in [0.4, 0.5) is 11.4 Å². The van der Waals surface area contributed by atoms with Crippen molar-refractivity contribution < 1.29 is 14.1 Å². The summed E-state index contributed by atoms with van der Waals surface area (Å²) in [4.78, 5) is 22.3. The first-order valence-corrected chi connectivity index (χ1v) is 9.48. The Morgan fingerprint density at radius 1 is 1.00 bits per heavy atom. The molecule has 8 nitrogen and oxygen atoms in total. The van der Waals surface area contributed by atoms with Gasteiger partial charge < -0.3 is 9.73 Å². The van der Waals surface area contributed by atoms with E-state index >= 15 is 0 Å². The molecule has 0 radical (unpaired) electrons. The molecule has 0 unspecified atom stereocenters. The number of nitrogens with one attached hydrogen (secondary N) is 2. The molecular weight excluding hydrogens is 396 g/mol. The van der Waals surface area contributed by atoms with Crippen molar-refractivity contribution in [2.24, 2.45) is 5.10 Å². The number of anilines is 1. The van der Waals surface area contributed by atoms with Crippen LogP contribution in [0.1, 0.15) is 5.76 Å². The van der Waals surface area contributed by atoms with Crippen LogP contribution in [0.15, 0.2) is 88.4 Å². The molecular formula is C23H18N4O4. The van der Waals surface area contributed by atoms with Gasteiger partial charge >= 0.3 is 0 Å². The minimum atomic E-state index is -0.457. The number of amides is 1. The lowest BCUT2D eigenvalue weighted by Gasteiger charge is -2.06. The molecule has 0 bridgehead atoms. The first kappa shape index (κ1) is 19.8. The maximum Gasteiger partial charge on any atom is 0.269 e. The van der Waals surface area contributed by atoms with Crippen LogP contribution in [-0.4, -0.2) is 23.6 Å². The number of non-ortho nitro benzene ring substituents is 1. The number of nitro benzene ring substituents is 1. The first-order valence-electron chi connectivity index (χ1n) is 9.48. The van der Waals surface area contributed by atoms with Crippen LogP contribution in [0, 0.1) is 10.1 Å². The van der Waals surface area contributed by atoms with Crippen LogP contribution < -0.4 is 10.7 Å². The minimum absolute atomic E-state index is 0.0112. The predicted octanol–water partition coefficient (Wildman–Crippen LogP) is 4.57. The van der Waals surface area contributed by atoms with Gasteiger partial charge in [0.05, 0.1) is 17.7 Å². The summed E-state index contributed by atoms with van der Waals surface area (Å²) in [7, 11) is 0. The molecule has 8 heteroatoms. The lowest BCUT2D eigenvalue weighted by Crippen LogP contribution is -2.25. The molecule has 1 amide bonds. The molecule has 31 heavy (non-hydrogen) atoms. The fourth-order valence-corrected chi connectivity index (χ4v) is 3.01. The summed E-state index contributed by atoms with van der Waals surface area (Å²) in [6, 6.07) is 23.3. The Bertz CT molecular complexity index is 1260. The number of fused-ring (bicyclic) bond motifs is 1. The largest absolute Gasteiger partial charge is 0.455 e. The van der Waals surface area contributed by atoms with Crippen LogP contribution in [0.3, 0.4) is 0 Å². The van der Waals surface area contributed by atoms with Gasteiger partial charge in [0, 0.05) is 23.4 Å². The van der Waals surface area contributed by atoms with Gasteiger partial charge in [0.1, 0.15) is 11.5 Å². The van der Waals surface area contributed by atoms with Gasteiger partial charge in [-0.25, -0.2) is 5.43 Å². The zero-order chi connectivity index (χ0) is 21.6. The third-order valence-corrected chi connectivity index (χ3v) is 4.57. The normalized spacial score (nSPS) is 11.0. The van der Waals surface area contributed by atoms with Gasteiger partial charge in [-0.15, -0.1) is 0 Å². The summed E-state index contributed by atoms with van der Waals surface area (Å²) >= 11 is 0. The highest BCUT2D eigenvalue weighted by molar-refractivity contribution is 5.87. The molecule has 1 aromatic heterocycles. The van der Waals surface area contributed by atoms with Crippen molar-refractivity contribution in [2.45, 2.75) is 0 Å². The number of carbonyl (C=O) groups excluding carboxylic acids is 1. The SMILES string of the molecule is O=C(CNc1ccc2ccccc2c1)N/N=C\c1ccc(-c2ccc([N+](=O)[O-])cc2)o1. The molecule has 0 fully saturated rings. The Morgan fingerprint density at radius 2 is 1.77 bits per heavy atom. The van der Waals surface area contributed by atoms with E-state index in [-0.39, 0.29) is 18.1 Å². The van der Waals surface area contributed by atoms with Gasteiger partial charge in [-0.3, -0.25) is 14.9 Å². The van der Waals surface area contributed by atoms with E-state index in [1.165, 1.54) is 18.3 Å². The number of carbonyl (C=O) groups is 1. The van der Waals surface area contributed by atoms with Gasteiger partial charge in [0.25, 0.3) is 11.6 Å². The highest BCUT2D eigenvalue weighted by Gasteiger charge is 2.08. The molecule has 4 aromatic rings. The van der Waals surface area contributed by atoms with Crippen molar-refractivity contribution in [3.63, 3.8) is 0 Å². The molecule has 1 heterocycles. The van der Waals surface area contributed by atoms with Crippen LogP contribution in [-0.2, 0) is 4.79 Å². The van der Waals surface area contributed by atoms with Crippen LogP contribution in [0.5, 0.6) is 0 Å². The summed E-state index contributed by atoms with van der Waals surface area (Å²) in [5, 5.41) is 19.9. The average Bonchev–Trinajstić information content (AvgIpc) is 3.26. The Hall–Kier alpha value is -4.46. The molecule has 2 N–H and O–H groups in total. The maximum absolute atomic E-state index is 12.0. The maximum atomic E-state index is 12.0. The number of nitro groups is 1. The number of nitrogens with zero attached hydrogens (tertiary/aromatic N) is 2. The lowest BCUT2D eigenvalue weighted by molar-refractivity contribution is -0.384. The van der Waals surface area contributed by atoms with Crippen molar-refractivity contribution in [3.8, 4) is 11.3 Å². The summed E-state index contributed by atoms with van der Waals surface area (Å²) in [5.74, 6) is 0.684. The molecule has 0 saturated carbocycles. The summed E-state index contributed by atoms with van der Waals surface area (Å²) in [5.41, 5.74) is 4.00. The van der Waals surface area contributed by atoms with Crippen molar-refractivity contribution in [1.29, 1.82) is 0 Å². The molecule has 0 aliphatic heterocycles. The molecule has 4 rings (SSSR count). The second-order valence-corrected chi connectivity index (χ2v) is 6.71. The van der Waals surface area contributed by atoms with Crippen molar-refractivity contribution >= 4 is 34.3 Å². The number of hydrogen-bond donors (Lipinski definition) is 2. The van der Waals surface area contributed by atoms with Crippen molar-refractivity contribution in [2.75, 3.05) is 11.9 Å². The number of rotatable bonds is 7. The monoisotopic (exact) mass is 414 g/mol. The molecule has 0 aliphatic carbocycles. The topological polar surface area (TPSA) is 110 Å². The zero-order valence-corrected chi connectivity index (χ0v) is 16.3. The van der Waals surface area contributed by atoms with Gasteiger partial charge in [-0.2, -0.15) is 5.10 Å². The average molecular weight is 414 g/mol. The van der Waals surface area contributed by atoms with E-state index in [2.05, 4.69) is 15.8 Å². The van der Waals surface area contributed by atoms with Crippen LogP contribution >= 0.6 is 0 Å². The minimum Gasteiger partial charge on any atom is -0.455 e. The number of hydrazone groups is 1. The third kappa shape index (κ3) is 4.94. The van der Waals surface area contributed by atoms with Crippen molar-refractivity contribution in [3.05, 3.63) is 94.7 Å². The van der Waals surface area contributed by atoms with E-state index in [1.807, 2.05) is 42.5 Å². The number of benzene rings is 3. The molecule has 154 valence electrons. The van der Waals surface area contributed by atoms with Crippen LogP contribution in [0.25, 0.3) is 22.1 Å². The zero-order valence-electron chi connectivity index (χ0n) is 16.3. The van der Waals surface area contributed by atoms with E-state index in [0.29, 0.717) is 17.1 Å². The standard InChI is InChI=1S/C23H18N4O4/c28-23(15-24-19-8-5-16-3-1-2-4-18(16)13-19)26-25-14-21-11-12-22(31-21)17-6-9-20(10-7-17)27(29)30/h1-14,24H,15H2,(H,26,28)/b25-14-. The molecule has 3 aromatic carbocycles. The van der Waals surface area contributed by atoms with E-state index in [4.69, 9.17) is 4.42 Å². The Balaban J connectivity index is 1.30.